The van der Waals surface area contributed by atoms with E-state index in [4.69, 9.17) is 10.4 Å². The van der Waals surface area contributed by atoms with E-state index >= 15 is 0 Å². The number of aliphatic hydroxyl groups excluding tert-OH is 1. The lowest BCUT2D eigenvalue weighted by Gasteiger charge is -2.17. The summed E-state index contributed by atoms with van der Waals surface area (Å²) in [6.45, 7) is -0.405. The fourth-order valence-corrected chi connectivity index (χ4v) is 2.20. The number of carboxylic acid groups (broad SMARTS) is 2. The summed E-state index contributed by atoms with van der Waals surface area (Å²) in [6, 6.07) is 10.9. The molecule has 2 aromatic carbocycles. The van der Waals surface area contributed by atoms with Crippen molar-refractivity contribution in [3.05, 3.63) is 64.7 Å². The number of aliphatic hydroxyl groups is 1. The summed E-state index contributed by atoms with van der Waals surface area (Å²) in [5, 5.41) is 39.4. The number of nitrogens with zero attached hydrogens (tertiary/aromatic N) is 1. The molecule has 0 aliphatic carbocycles. The van der Waals surface area contributed by atoms with E-state index in [9.17, 15) is 19.8 Å². The van der Waals surface area contributed by atoms with Gasteiger partial charge in [-0.25, -0.2) is 9.59 Å². The van der Waals surface area contributed by atoms with Crippen LogP contribution in [0.1, 0.15) is 33.1 Å². The SMILES string of the molecule is N#Cc1ccc(NC(C(=O)O)c2cc(CO)cc(C(=O)O)c2)cc1. The van der Waals surface area contributed by atoms with E-state index in [1.54, 1.807) is 12.1 Å². The molecule has 0 aliphatic rings. The van der Waals surface area contributed by atoms with Crippen LogP contribution in [-0.4, -0.2) is 27.3 Å². The van der Waals surface area contributed by atoms with E-state index in [0.29, 0.717) is 16.8 Å². The Kier molecular flexibility index (Phi) is 5.14. The molecule has 0 bridgehead atoms. The number of aliphatic carboxylic acids is 1. The van der Waals surface area contributed by atoms with Gasteiger partial charge in [0.2, 0.25) is 0 Å². The van der Waals surface area contributed by atoms with E-state index in [2.05, 4.69) is 5.32 Å². The smallest absolute Gasteiger partial charge is 0.335 e. The van der Waals surface area contributed by atoms with Crippen LogP contribution >= 0.6 is 0 Å². The number of benzene rings is 2. The van der Waals surface area contributed by atoms with Crippen molar-refractivity contribution in [2.24, 2.45) is 0 Å². The second-order valence-electron chi connectivity index (χ2n) is 5.03. The fraction of sp³-hybridized carbons (Fsp3) is 0.118. The molecule has 7 heteroatoms. The van der Waals surface area contributed by atoms with Gasteiger partial charge < -0.3 is 20.6 Å². The topological polar surface area (TPSA) is 131 Å². The van der Waals surface area contributed by atoms with Crippen molar-refractivity contribution in [2.75, 3.05) is 5.32 Å². The van der Waals surface area contributed by atoms with Gasteiger partial charge in [-0.1, -0.05) is 6.07 Å². The first-order valence-corrected chi connectivity index (χ1v) is 6.92. The van der Waals surface area contributed by atoms with Gasteiger partial charge in [0, 0.05) is 5.69 Å². The molecule has 2 aromatic rings. The summed E-state index contributed by atoms with van der Waals surface area (Å²) in [7, 11) is 0. The number of nitriles is 1. The van der Waals surface area contributed by atoms with E-state index in [0.717, 1.165) is 0 Å². The van der Waals surface area contributed by atoms with Gasteiger partial charge in [-0.3, -0.25) is 0 Å². The second-order valence-corrected chi connectivity index (χ2v) is 5.03. The summed E-state index contributed by atoms with van der Waals surface area (Å²) in [4.78, 5) is 22.7. The molecule has 0 heterocycles. The van der Waals surface area contributed by atoms with Gasteiger partial charge in [-0.05, 0) is 47.5 Å². The molecule has 4 N–H and O–H groups in total. The molecule has 1 atom stereocenters. The first-order valence-electron chi connectivity index (χ1n) is 6.92. The Morgan fingerprint density at radius 1 is 1.12 bits per heavy atom. The Bertz CT molecular complexity index is 809. The third kappa shape index (κ3) is 3.88. The zero-order chi connectivity index (χ0) is 17.7. The van der Waals surface area contributed by atoms with Crippen molar-refractivity contribution in [2.45, 2.75) is 12.6 Å². The van der Waals surface area contributed by atoms with Gasteiger partial charge in [0.05, 0.1) is 23.8 Å². The Hall–Kier alpha value is -3.37. The molecule has 0 amide bonds. The lowest BCUT2D eigenvalue weighted by atomic mass is 10.00. The molecule has 0 saturated carbocycles. The minimum atomic E-state index is -1.21. The average Bonchev–Trinajstić information content (AvgIpc) is 2.59. The van der Waals surface area contributed by atoms with E-state index in [-0.39, 0.29) is 11.1 Å². The predicted molar refractivity (Wildman–Crippen MR) is 84.5 cm³/mol. The molecule has 0 radical (unpaired) electrons. The molecule has 2 rings (SSSR count). The Morgan fingerprint density at radius 2 is 1.79 bits per heavy atom. The zero-order valence-corrected chi connectivity index (χ0v) is 12.4. The molecule has 0 spiro atoms. The molecule has 7 nitrogen and oxygen atoms in total. The van der Waals surface area contributed by atoms with Crippen LogP contribution < -0.4 is 5.32 Å². The van der Waals surface area contributed by atoms with Crippen molar-refractivity contribution in [3.63, 3.8) is 0 Å². The maximum atomic E-state index is 11.6. The quantitative estimate of drug-likeness (QED) is 0.638. The summed E-state index contributed by atoms with van der Waals surface area (Å²) in [5.74, 6) is -2.42. The van der Waals surface area contributed by atoms with Crippen LogP contribution in [0.2, 0.25) is 0 Å². The van der Waals surface area contributed by atoms with Crippen LogP contribution in [0.3, 0.4) is 0 Å². The minimum absolute atomic E-state index is 0.107. The Balaban J connectivity index is 2.39. The molecule has 0 aromatic heterocycles. The third-order valence-corrected chi connectivity index (χ3v) is 3.35. The number of rotatable bonds is 6. The normalized spacial score (nSPS) is 11.3. The van der Waals surface area contributed by atoms with Crippen molar-refractivity contribution in [1.29, 1.82) is 5.26 Å². The average molecular weight is 326 g/mol. The van der Waals surface area contributed by atoms with Gasteiger partial charge in [0.25, 0.3) is 0 Å². The summed E-state index contributed by atoms with van der Waals surface area (Å²) in [5.41, 5.74) is 1.30. The fourth-order valence-electron chi connectivity index (χ4n) is 2.20. The van der Waals surface area contributed by atoms with Crippen LogP contribution in [0.15, 0.2) is 42.5 Å². The Morgan fingerprint density at radius 3 is 2.29 bits per heavy atom. The van der Waals surface area contributed by atoms with E-state index in [1.165, 1.54) is 30.3 Å². The van der Waals surface area contributed by atoms with Gasteiger partial charge in [-0.15, -0.1) is 0 Å². The molecule has 0 aliphatic heterocycles. The van der Waals surface area contributed by atoms with Crippen LogP contribution in [0.4, 0.5) is 5.69 Å². The van der Waals surface area contributed by atoms with E-state index in [1.807, 2.05) is 6.07 Å². The van der Waals surface area contributed by atoms with Crippen LogP contribution in [0.5, 0.6) is 0 Å². The van der Waals surface area contributed by atoms with Crippen molar-refractivity contribution >= 4 is 17.6 Å². The number of carbonyl (C=O) groups is 2. The molecule has 0 fully saturated rings. The van der Waals surface area contributed by atoms with Crippen LogP contribution in [0.25, 0.3) is 0 Å². The first kappa shape index (κ1) is 17.0. The Labute approximate surface area is 137 Å². The molecular formula is C17H14N2O5. The highest BCUT2D eigenvalue weighted by Gasteiger charge is 2.22. The number of hydrogen-bond acceptors (Lipinski definition) is 5. The summed E-state index contributed by atoms with van der Waals surface area (Å²) in [6.07, 6.45) is 0. The van der Waals surface area contributed by atoms with Crippen molar-refractivity contribution in [3.8, 4) is 6.07 Å². The van der Waals surface area contributed by atoms with Gasteiger partial charge in [0.1, 0.15) is 0 Å². The summed E-state index contributed by atoms with van der Waals surface area (Å²) < 4.78 is 0. The lowest BCUT2D eigenvalue weighted by molar-refractivity contribution is -0.138. The minimum Gasteiger partial charge on any atom is -0.479 e. The lowest BCUT2D eigenvalue weighted by Crippen LogP contribution is -2.21. The highest BCUT2D eigenvalue weighted by molar-refractivity contribution is 5.89. The molecule has 1 unspecified atom stereocenters. The van der Waals surface area contributed by atoms with Gasteiger partial charge in [-0.2, -0.15) is 5.26 Å². The van der Waals surface area contributed by atoms with E-state index < -0.39 is 24.6 Å². The first-order chi connectivity index (χ1) is 11.4. The van der Waals surface area contributed by atoms with Crippen LogP contribution in [-0.2, 0) is 11.4 Å². The number of nitrogens with one attached hydrogen (secondary N) is 1. The standard InChI is InChI=1S/C17H14N2O5/c18-8-10-1-3-14(4-2-10)19-15(17(23)24)12-5-11(9-20)6-13(7-12)16(21)22/h1-7,15,19-20H,9H2,(H,21,22)(H,23,24). The number of aromatic carboxylic acids is 1. The monoisotopic (exact) mass is 326 g/mol. The van der Waals surface area contributed by atoms with Crippen molar-refractivity contribution in [1.82, 2.24) is 0 Å². The van der Waals surface area contributed by atoms with Crippen LogP contribution in [0, 0.1) is 11.3 Å². The largest absolute Gasteiger partial charge is 0.479 e. The molecule has 24 heavy (non-hydrogen) atoms. The van der Waals surface area contributed by atoms with Crippen molar-refractivity contribution < 1.29 is 24.9 Å². The zero-order valence-electron chi connectivity index (χ0n) is 12.4. The highest BCUT2D eigenvalue weighted by Crippen LogP contribution is 2.23. The molecule has 122 valence electrons. The van der Waals surface area contributed by atoms with Gasteiger partial charge in [0.15, 0.2) is 6.04 Å². The predicted octanol–water partition coefficient (Wildman–Crippen LogP) is 1.99. The molecule has 0 saturated heterocycles. The summed E-state index contributed by atoms with van der Waals surface area (Å²) >= 11 is 0. The number of hydrogen-bond donors (Lipinski definition) is 4. The maximum absolute atomic E-state index is 11.6. The number of carboxylic acids is 2. The number of anilines is 1. The highest BCUT2D eigenvalue weighted by atomic mass is 16.4. The van der Waals surface area contributed by atoms with Gasteiger partial charge >= 0.3 is 11.9 Å². The second kappa shape index (κ2) is 7.26. The maximum Gasteiger partial charge on any atom is 0.335 e. The third-order valence-electron chi connectivity index (χ3n) is 3.35. The molecular weight excluding hydrogens is 312 g/mol.